The highest BCUT2D eigenvalue weighted by molar-refractivity contribution is 6.40. The molecule has 0 aliphatic carbocycles. The van der Waals surface area contributed by atoms with Crippen molar-refractivity contribution in [3.63, 3.8) is 0 Å². The van der Waals surface area contributed by atoms with Crippen molar-refractivity contribution in [2.45, 2.75) is 89.9 Å². The van der Waals surface area contributed by atoms with Crippen molar-refractivity contribution in [1.29, 1.82) is 0 Å². The minimum absolute atomic E-state index is 0.0571. The van der Waals surface area contributed by atoms with Crippen molar-refractivity contribution in [2.75, 3.05) is 13.1 Å². The fourth-order valence-electron chi connectivity index (χ4n) is 4.59. The molecule has 1 aliphatic rings. The molecule has 1 aliphatic heterocycles. The molecule has 1 heterocycles. The lowest BCUT2D eigenvalue weighted by Crippen LogP contribution is -2.67. The van der Waals surface area contributed by atoms with E-state index >= 15 is 0 Å². The number of rotatable bonds is 9. The number of hydrogen-bond donors (Lipinski definition) is 5. The first-order valence-corrected chi connectivity index (χ1v) is 13.3. The molecule has 0 unspecified atom stereocenters. The van der Waals surface area contributed by atoms with E-state index in [4.69, 9.17) is 9.47 Å². The van der Waals surface area contributed by atoms with Crippen LogP contribution in [0, 0.1) is 5.92 Å². The van der Waals surface area contributed by atoms with Crippen LogP contribution in [0.15, 0.2) is 30.3 Å². The number of carbonyl (C=O) groups excluding carboxylic acids is 3. The Labute approximate surface area is 235 Å². The van der Waals surface area contributed by atoms with Crippen LogP contribution in [0.2, 0.25) is 6.32 Å². The predicted octanol–water partition coefficient (Wildman–Crippen LogP) is 2.18. The number of ether oxygens (including phenoxy) is 2. The Morgan fingerprint density at radius 1 is 1.02 bits per heavy atom. The van der Waals surface area contributed by atoms with Crippen LogP contribution in [0.25, 0.3) is 0 Å². The Bertz CT molecular complexity index is 1040. The second-order valence-corrected chi connectivity index (χ2v) is 12.2. The lowest BCUT2D eigenvalue weighted by molar-refractivity contribution is -0.152. The highest BCUT2D eigenvalue weighted by Gasteiger charge is 2.49. The van der Waals surface area contributed by atoms with Crippen molar-refractivity contribution in [3.8, 4) is 0 Å². The minimum Gasteiger partial charge on any atom is -0.479 e. The molecule has 1 aromatic rings. The van der Waals surface area contributed by atoms with E-state index in [-0.39, 0.29) is 38.7 Å². The summed E-state index contributed by atoms with van der Waals surface area (Å²) in [7, 11) is -1.62. The largest absolute Gasteiger partial charge is 0.479 e. The summed E-state index contributed by atoms with van der Waals surface area (Å²) in [5.41, 5.74) is -2.87. The number of likely N-dealkylation sites (tertiary alicyclic amines) is 1. The van der Waals surface area contributed by atoms with Crippen LogP contribution in [0.5, 0.6) is 0 Å². The number of nitrogens with one attached hydrogen (secondary N) is 2. The summed E-state index contributed by atoms with van der Waals surface area (Å²) < 4.78 is 10.7. The second kappa shape index (κ2) is 13.4. The average molecular weight is 563 g/mol. The van der Waals surface area contributed by atoms with Gasteiger partial charge in [-0.15, -0.1) is 0 Å². The molecule has 3 amide bonds. The monoisotopic (exact) mass is 563 g/mol. The molecule has 13 heteroatoms. The topological polar surface area (TPSA) is 175 Å². The molecule has 5 N–H and O–H groups in total. The number of alkyl carbamates (subject to hydrolysis) is 2. The summed E-state index contributed by atoms with van der Waals surface area (Å²) >= 11 is 0. The van der Waals surface area contributed by atoms with E-state index in [0.29, 0.717) is 0 Å². The first kappa shape index (κ1) is 32.9. The maximum Gasteiger partial charge on any atom is 0.451 e. The first-order chi connectivity index (χ1) is 18.4. The van der Waals surface area contributed by atoms with E-state index in [9.17, 15) is 34.3 Å². The zero-order chi connectivity index (χ0) is 30.3. The zero-order valence-electron chi connectivity index (χ0n) is 24.1. The Hall–Kier alpha value is -3.32. The van der Waals surface area contributed by atoms with Crippen molar-refractivity contribution in [2.24, 2.45) is 5.92 Å². The molecule has 0 bridgehead atoms. The van der Waals surface area contributed by atoms with Gasteiger partial charge in [0.1, 0.15) is 17.2 Å². The molecule has 0 spiro atoms. The quantitative estimate of drug-likeness (QED) is 0.282. The van der Waals surface area contributed by atoms with Gasteiger partial charge in [0.25, 0.3) is 0 Å². The average Bonchev–Trinajstić information content (AvgIpc) is 2.79. The smallest absolute Gasteiger partial charge is 0.451 e. The molecule has 3 atom stereocenters. The third-order valence-electron chi connectivity index (χ3n) is 6.14. The van der Waals surface area contributed by atoms with E-state index in [1.807, 2.05) is 6.07 Å². The highest BCUT2D eigenvalue weighted by atomic mass is 16.6. The van der Waals surface area contributed by atoms with Crippen molar-refractivity contribution in [1.82, 2.24) is 15.5 Å². The Balaban J connectivity index is 2.42. The van der Waals surface area contributed by atoms with Gasteiger partial charge < -0.3 is 40.2 Å². The van der Waals surface area contributed by atoms with Gasteiger partial charge in [-0.2, -0.15) is 0 Å². The molecule has 0 radical (unpaired) electrons. The molecule has 1 saturated heterocycles. The van der Waals surface area contributed by atoms with Crippen LogP contribution in [0.4, 0.5) is 9.59 Å². The molecule has 40 heavy (non-hydrogen) atoms. The number of hydrogen-bond acceptors (Lipinski definition) is 8. The van der Waals surface area contributed by atoms with Crippen LogP contribution < -0.4 is 10.6 Å². The lowest BCUT2D eigenvalue weighted by atomic mass is 9.75. The SMILES string of the molecule is CC(C)(C)OC(=O)N[C@@H](Cc1ccccc1)C(=O)N1C[C@@H](CCB(O)O)C[C@](NC(=O)OC(C)(C)C)(C(=O)O)C1. The van der Waals surface area contributed by atoms with Crippen LogP contribution in [0.3, 0.4) is 0 Å². The number of benzene rings is 1. The molecular weight excluding hydrogens is 521 g/mol. The fraction of sp³-hybridized carbons (Fsp3) is 0.630. The first-order valence-electron chi connectivity index (χ1n) is 13.3. The van der Waals surface area contributed by atoms with E-state index in [1.54, 1.807) is 65.8 Å². The van der Waals surface area contributed by atoms with Gasteiger partial charge in [0.2, 0.25) is 5.91 Å². The molecule has 1 aromatic carbocycles. The number of amides is 3. The van der Waals surface area contributed by atoms with Gasteiger partial charge in [-0.05, 0) is 65.8 Å². The molecule has 1 fully saturated rings. The molecule has 0 aromatic heterocycles. The highest BCUT2D eigenvalue weighted by Crippen LogP contribution is 2.31. The van der Waals surface area contributed by atoms with Gasteiger partial charge in [0.15, 0.2) is 5.54 Å². The van der Waals surface area contributed by atoms with Gasteiger partial charge in [-0.1, -0.05) is 36.8 Å². The summed E-state index contributed by atoms with van der Waals surface area (Å²) in [5, 5.41) is 34.2. The molecule has 12 nitrogen and oxygen atoms in total. The number of aliphatic carboxylic acids is 1. The van der Waals surface area contributed by atoms with Crippen LogP contribution in [-0.2, 0) is 25.5 Å². The number of piperidine rings is 1. The maximum atomic E-state index is 13.9. The molecule has 2 rings (SSSR count). The van der Waals surface area contributed by atoms with E-state index in [2.05, 4.69) is 10.6 Å². The van der Waals surface area contributed by atoms with E-state index < -0.39 is 59.9 Å². The normalized spacial score (nSPS) is 20.2. The van der Waals surface area contributed by atoms with Crippen LogP contribution >= 0.6 is 0 Å². The number of nitrogens with zero attached hydrogens (tertiary/aromatic N) is 1. The van der Waals surface area contributed by atoms with Gasteiger partial charge in [-0.25, -0.2) is 14.4 Å². The molecular formula is C27H42BN3O9. The zero-order valence-corrected chi connectivity index (χ0v) is 24.1. The van der Waals surface area contributed by atoms with E-state index in [0.717, 1.165) is 5.56 Å². The molecule has 222 valence electrons. The Morgan fingerprint density at radius 3 is 2.12 bits per heavy atom. The summed E-state index contributed by atoms with van der Waals surface area (Å²) in [4.78, 5) is 53.2. The van der Waals surface area contributed by atoms with Crippen molar-refractivity contribution >= 4 is 31.2 Å². The van der Waals surface area contributed by atoms with Crippen molar-refractivity contribution < 1.29 is 43.8 Å². The summed E-state index contributed by atoms with van der Waals surface area (Å²) in [6.07, 6.45) is -1.61. The Morgan fingerprint density at radius 2 is 1.60 bits per heavy atom. The third-order valence-corrected chi connectivity index (χ3v) is 6.14. The van der Waals surface area contributed by atoms with Crippen LogP contribution in [0.1, 0.15) is 59.9 Å². The third kappa shape index (κ3) is 10.7. The number of carbonyl (C=O) groups is 4. The standard InChI is InChI=1S/C27H42BN3O9/c1-25(2,3)39-23(35)29-20(14-18-10-8-7-9-11-18)21(32)31-16-19(12-13-28(37)38)15-27(17-31,22(33)34)30-24(36)40-26(4,5)6/h7-11,19-20,37-38H,12-17H2,1-6H3,(H,29,35)(H,30,36)(H,33,34)/t19-,20-,27+/m0/s1. The lowest BCUT2D eigenvalue weighted by Gasteiger charge is -2.45. The van der Waals surface area contributed by atoms with Crippen molar-refractivity contribution in [3.05, 3.63) is 35.9 Å². The van der Waals surface area contributed by atoms with Gasteiger partial charge in [0.05, 0.1) is 6.54 Å². The minimum atomic E-state index is -1.91. The summed E-state index contributed by atoms with van der Waals surface area (Å²) in [5.74, 6) is -2.45. The summed E-state index contributed by atoms with van der Waals surface area (Å²) in [6.45, 7) is 9.67. The predicted molar refractivity (Wildman–Crippen MR) is 147 cm³/mol. The summed E-state index contributed by atoms with van der Waals surface area (Å²) in [6, 6.07) is 7.89. The maximum absolute atomic E-state index is 13.9. The van der Waals surface area contributed by atoms with E-state index in [1.165, 1.54) is 4.90 Å². The Kier molecular flexibility index (Phi) is 11.0. The second-order valence-electron chi connectivity index (χ2n) is 12.2. The fourth-order valence-corrected chi connectivity index (χ4v) is 4.59. The van der Waals surface area contributed by atoms with Crippen LogP contribution in [-0.4, -0.2) is 87.1 Å². The van der Waals surface area contributed by atoms with Gasteiger partial charge in [-0.3, -0.25) is 4.79 Å². The van der Waals surface area contributed by atoms with Gasteiger partial charge in [0, 0.05) is 13.0 Å². The molecule has 0 saturated carbocycles. The number of carboxylic acid groups (broad SMARTS) is 1. The van der Waals surface area contributed by atoms with Gasteiger partial charge >= 0.3 is 25.3 Å². The number of carboxylic acids is 1.